The van der Waals surface area contributed by atoms with Crippen molar-refractivity contribution in [1.82, 2.24) is 26.2 Å². The Labute approximate surface area is 488 Å². The molecule has 0 spiro atoms. The number of hydrogen-bond acceptors (Lipinski definition) is 14. The molecule has 0 saturated carbocycles. The molecule has 6 rings (SSSR count). The molecule has 17 nitrogen and oxygen atoms in total. The van der Waals surface area contributed by atoms with Gasteiger partial charge in [-0.25, -0.2) is 9.79 Å². The summed E-state index contributed by atoms with van der Waals surface area (Å²) in [6, 6.07) is 21.6. The summed E-state index contributed by atoms with van der Waals surface area (Å²) < 4.78 is 24.1. The molecule has 0 unspecified atom stereocenters. The molecule has 18 heteroatoms. The number of carbonyl (C=O) groups is 5. The first-order valence-electron chi connectivity index (χ1n) is 29.7. The third-order valence-electron chi connectivity index (χ3n) is 16.3. The molecule has 1 saturated heterocycles. The van der Waals surface area contributed by atoms with Gasteiger partial charge in [-0.2, -0.15) is 0 Å². The van der Waals surface area contributed by atoms with E-state index in [-0.39, 0.29) is 57.9 Å². The molecule has 3 heterocycles. The summed E-state index contributed by atoms with van der Waals surface area (Å²) in [6.07, 6.45) is 13.9. The number of unbranched alkanes of at least 4 members (excludes halogenated alkanes) is 7. The van der Waals surface area contributed by atoms with E-state index in [2.05, 4.69) is 108 Å². The van der Waals surface area contributed by atoms with Crippen molar-refractivity contribution in [2.24, 2.45) is 22.6 Å². The van der Waals surface area contributed by atoms with E-state index >= 15 is 0 Å². The van der Waals surface area contributed by atoms with Crippen LogP contribution in [0.1, 0.15) is 132 Å². The molecule has 448 valence electrons. The van der Waals surface area contributed by atoms with Crippen LogP contribution in [0.15, 0.2) is 124 Å². The predicted octanol–water partition coefficient (Wildman–Crippen LogP) is 7.35. The molecule has 4 aliphatic rings. The van der Waals surface area contributed by atoms with Gasteiger partial charge in [0.05, 0.1) is 36.3 Å². The zero-order chi connectivity index (χ0) is 59.4. The number of nitrogens with zero attached hydrogens (tertiary/aromatic N) is 2. The molecule has 0 radical (unpaired) electrons. The van der Waals surface area contributed by atoms with Crippen LogP contribution in [0, 0.1) is 11.8 Å². The minimum Gasteiger partial charge on any atom is -0.439 e. The van der Waals surface area contributed by atoms with Gasteiger partial charge in [0.15, 0.2) is 12.1 Å². The molecule has 2 aromatic rings. The van der Waals surface area contributed by atoms with E-state index in [0.29, 0.717) is 38.1 Å². The number of aliphatic hydroxyl groups is 1. The third-order valence-corrected chi connectivity index (χ3v) is 21.3. The maximum Gasteiger partial charge on any atom is 0.405 e. The smallest absolute Gasteiger partial charge is 0.405 e. The van der Waals surface area contributed by atoms with Crippen molar-refractivity contribution < 1.29 is 47.7 Å². The molecular weight excluding hydrogens is 1050 g/mol. The number of methoxy groups -OCH3 is 2. The van der Waals surface area contributed by atoms with E-state index in [1.165, 1.54) is 36.7 Å². The van der Waals surface area contributed by atoms with E-state index in [1.807, 2.05) is 13.8 Å². The number of rotatable bonds is 22. The van der Waals surface area contributed by atoms with Crippen molar-refractivity contribution in [3.05, 3.63) is 119 Å². The topological polar surface area (TPSA) is 232 Å². The van der Waals surface area contributed by atoms with Crippen molar-refractivity contribution in [2.45, 2.75) is 173 Å². The van der Waals surface area contributed by atoms with Crippen LogP contribution in [0.4, 0.5) is 4.79 Å². The SMILES string of the molecule is CO[C@H]1/C=C\C=C(/C)C(=O)NC2=CC(=O)C(NCCCCCCCCCCC(=O)NC[C@H]3CCN4CC[C@H](CO[Si](c5ccccc5)(c5ccccc5)C(C)(C)C)N=C4N3)=C(C[C@@H](C)C[C@H](OC)[C@H](O)[C@@H](C)/C=C(\C)[C@@H]1OC(N)=O)C2=O. The van der Waals surface area contributed by atoms with Crippen molar-refractivity contribution >= 4 is 54.1 Å². The van der Waals surface area contributed by atoms with Crippen LogP contribution in [0.5, 0.6) is 0 Å². The van der Waals surface area contributed by atoms with Crippen LogP contribution in [-0.4, -0.2) is 137 Å². The molecule has 1 aliphatic carbocycles. The molecule has 2 bridgehead atoms. The number of guanidine groups is 1. The Kier molecular flexibility index (Phi) is 24.9. The van der Waals surface area contributed by atoms with Gasteiger partial charge in [-0.3, -0.25) is 19.2 Å². The third kappa shape index (κ3) is 17.9. The number of hydrogen-bond donors (Lipinski definition) is 6. The largest absolute Gasteiger partial charge is 0.439 e. The lowest BCUT2D eigenvalue weighted by molar-refractivity contribution is -0.121. The Morgan fingerprint density at radius 2 is 1.51 bits per heavy atom. The molecule has 8 atom stereocenters. The Morgan fingerprint density at radius 3 is 2.13 bits per heavy atom. The fraction of sp³-hybridized carbons (Fsp3) is 0.562. The zero-order valence-electron chi connectivity index (χ0n) is 50.1. The van der Waals surface area contributed by atoms with E-state index in [4.69, 9.17) is 29.4 Å². The standard InChI is InChI=1S/C64H93N7O10Si/c1-43-37-51-57(53(72)40-52(59(51)75)70-61(76)44(2)25-24-30-54(78-8)60(81-62(65)77)46(4)39-45(3)58(74)55(38-43)79-9)66-34-23-15-13-11-10-12-14-22-31-56(73)67-41-47-32-35-71-36-33-48(69-63(71)68-47)42-80-82(64(5,6)7,49-26-18-16-19-27-49)50-28-20-17-21-29-50/h16-21,24-30,39-40,43,45,47-48,54-55,58,60,66,74H,10-15,22-23,31-38,41-42H2,1-9H3,(H2,65,77)(H,67,73)(H,68,69)(H,70,76)/b30-24-,44-25+,46-39+/t43-,45+,47-,48-,54+,55+,58-,60+/m1/s1. The number of aliphatic imine (C=N–C) groups is 1. The average molecular weight is 1150 g/mol. The van der Waals surface area contributed by atoms with Crippen molar-refractivity contribution in [3.8, 4) is 0 Å². The van der Waals surface area contributed by atoms with Gasteiger partial charge in [0.2, 0.25) is 17.5 Å². The molecule has 3 aliphatic heterocycles. The number of carbonyl (C=O) groups excluding carboxylic acids is 5. The number of primary amides is 1. The average Bonchev–Trinajstić information content (AvgIpc) is 2.62. The summed E-state index contributed by atoms with van der Waals surface area (Å²) in [6.45, 7) is 17.4. The van der Waals surface area contributed by atoms with Crippen LogP contribution in [0.2, 0.25) is 5.04 Å². The number of allylic oxidation sites excluding steroid dienone is 4. The highest BCUT2D eigenvalue weighted by Gasteiger charge is 2.50. The predicted molar refractivity (Wildman–Crippen MR) is 325 cm³/mol. The molecule has 0 aromatic heterocycles. The molecule has 7 N–H and O–H groups in total. The van der Waals surface area contributed by atoms with E-state index in [9.17, 15) is 29.1 Å². The Hall–Kier alpha value is -6.18. The lowest BCUT2D eigenvalue weighted by atomic mass is 9.85. The first kappa shape index (κ1) is 65.0. The number of fused-ring (bicyclic) bond motifs is 3. The van der Waals surface area contributed by atoms with Gasteiger partial charge in [-0.05, 0) is 79.3 Å². The normalized spacial score (nSPS) is 25.9. The molecule has 82 heavy (non-hydrogen) atoms. The molecular formula is C64H93N7O10Si. The maximum absolute atomic E-state index is 14.2. The minimum atomic E-state index is -2.68. The van der Waals surface area contributed by atoms with Crippen LogP contribution < -0.4 is 37.4 Å². The van der Waals surface area contributed by atoms with Gasteiger partial charge < -0.3 is 55.6 Å². The first-order chi connectivity index (χ1) is 39.3. The van der Waals surface area contributed by atoms with E-state index < -0.39 is 62.2 Å². The van der Waals surface area contributed by atoms with Gasteiger partial charge in [0, 0.05) is 76.0 Å². The quantitative estimate of drug-likeness (QED) is 0.0294. The fourth-order valence-electron chi connectivity index (χ4n) is 11.7. The monoisotopic (exact) mass is 1150 g/mol. The van der Waals surface area contributed by atoms with Crippen molar-refractivity contribution in [1.29, 1.82) is 0 Å². The van der Waals surface area contributed by atoms with E-state index in [1.54, 1.807) is 32.1 Å². The molecule has 3 amide bonds. The van der Waals surface area contributed by atoms with Crippen LogP contribution in [-0.2, 0) is 37.8 Å². The summed E-state index contributed by atoms with van der Waals surface area (Å²) >= 11 is 0. The van der Waals surface area contributed by atoms with Crippen LogP contribution in [0.3, 0.4) is 0 Å². The fourth-order valence-corrected chi connectivity index (χ4v) is 16.3. The van der Waals surface area contributed by atoms with Crippen molar-refractivity contribution in [3.63, 3.8) is 0 Å². The second-order valence-corrected chi connectivity index (χ2v) is 28.0. The Bertz CT molecular complexity index is 2630. The number of amides is 3. The van der Waals surface area contributed by atoms with Gasteiger partial charge >= 0.3 is 6.09 Å². The minimum absolute atomic E-state index is 0.0348. The van der Waals surface area contributed by atoms with Crippen LogP contribution in [0.25, 0.3) is 0 Å². The van der Waals surface area contributed by atoms with Gasteiger partial charge in [-0.15, -0.1) is 0 Å². The second-order valence-electron chi connectivity index (χ2n) is 23.7. The zero-order valence-corrected chi connectivity index (χ0v) is 51.1. The van der Waals surface area contributed by atoms with E-state index in [0.717, 1.165) is 83.3 Å². The Morgan fingerprint density at radius 1 is 0.878 bits per heavy atom. The number of ether oxygens (including phenoxy) is 3. The number of aliphatic hydroxyl groups excluding tert-OH is 1. The molecule has 1 fully saturated rings. The summed E-state index contributed by atoms with van der Waals surface area (Å²) in [5.74, 6) is -1.14. The Balaban J connectivity index is 0.929. The number of ketones is 2. The number of nitrogens with two attached hydrogens (primary N) is 1. The van der Waals surface area contributed by atoms with Gasteiger partial charge in [-0.1, -0.05) is 158 Å². The van der Waals surface area contributed by atoms with Gasteiger partial charge in [0.1, 0.15) is 6.10 Å². The second kappa shape index (κ2) is 31.5. The number of Topliss-reactive ketones (excluding diaryl/α,β-unsaturated/α-hetero) is 1. The lowest BCUT2D eigenvalue weighted by Crippen LogP contribution is -2.67. The maximum atomic E-state index is 14.2. The van der Waals surface area contributed by atoms with Crippen LogP contribution >= 0.6 is 0 Å². The number of benzene rings is 2. The van der Waals surface area contributed by atoms with Gasteiger partial charge in [0.25, 0.3) is 14.2 Å². The molecule has 2 aromatic carbocycles. The highest BCUT2D eigenvalue weighted by molar-refractivity contribution is 6.99. The van der Waals surface area contributed by atoms with Crippen molar-refractivity contribution in [2.75, 3.05) is 47.0 Å². The summed E-state index contributed by atoms with van der Waals surface area (Å²) in [7, 11) is 0.275. The summed E-state index contributed by atoms with van der Waals surface area (Å²) in [5, 5.41) is 26.7. The highest BCUT2D eigenvalue weighted by atomic mass is 28.4. The lowest BCUT2D eigenvalue weighted by Gasteiger charge is -2.44. The number of nitrogens with one attached hydrogen (secondary N) is 4. The first-order valence-corrected chi connectivity index (χ1v) is 31.6. The summed E-state index contributed by atoms with van der Waals surface area (Å²) in [5.41, 5.74) is 6.63. The summed E-state index contributed by atoms with van der Waals surface area (Å²) in [4.78, 5) is 73.8. The highest BCUT2D eigenvalue weighted by Crippen LogP contribution is 2.37.